The average molecular weight is 194 g/mol. The molecule has 0 aromatic carbocycles. The van der Waals surface area contributed by atoms with Crippen LogP contribution < -0.4 is 0 Å². The molecule has 2 fully saturated rings. The van der Waals surface area contributed by atoms with E-state index in [0.29, 0.717) is 0 Å². The molecule has 0 aliphatic heterocycles. The highest BCUT2D eigenvalue weighted by Crippen LogP contribution is 2.56. The van der Waals surface area contributed by atoms with Crippen molar-refractivity contribution < 1.29 is 0 Å². The van der Waals surface area contributed by atoms with Crippen LogP contribution in [0, 0.1) is 11.3 Å². The fraction of sp³-hybridized carbons (Fsp3) is 1.00. The summed E-state index contributed by atoms with van der Waals surface area (Å²) in [5.41, 5.74) is 0.858. The van der Waals surface area contributed by atoms with Gasteiger partial charge >= 0.3 is 0 Å². The molecule has 0 nitrogen and oxygen atoms in total. The van der Waals surface area contributed by atoms with Crippen molar-refractivity contribution in [2.45, 2.75) is 77.6 Å². The Morgan fingerprint density at radius 1 is 1.00 bits per heavy atom. The van der Waals surface area contributed by atoms with Crippen LogP contribution in [-0.4, -0.2) is 0 Å². The summed E-state index contributed by atoms with van der Waals surface area (Å²) in [6, 6.07) is 0. The van der Waals surface area contributed by atoms with E-state index in [4.69, 9.17) is 0 Å². The Morgan fingerprint density at radius 2 is 1.71 bits per heavy atom. The first kappa shape index (κ1) is 10.5. The van der Waals surface area contributed by atoms with Gasteiger partial charge in [-0.1, -0.05) is 39.0 Å². The van der Waals surface area contributed by atoms with E-state index in [1.807, 2.05) is 0 Å². The van der Waals surface area contributed by atoms with Crippen molar-refractivity contribution in [3.63, 3.8) is 0 Å². The quantitative estimate of drug-likeness (QED) is 0.526. The van der Waals surface area contributed by atoms with Crippen molar-refractivity contribution in [2.24, 2.45) is 11.3 Å². The summed E-state index contributed by atoms with van der Waals surface area (Å²) in [5, 5.41) is 0. The second kappa shape index (κ2) is 4.68. The van der Waals surface area contributed by atoms with E-state index >= 15 is 0 Å². The van der Waals surface area contributed by atoms with Crippen LogP contribution >= 0.6 is 0 Å². The van der Waals surface area contributed by atoms with E-state index in [1.54, 1.807) is 38.5 Å². The molecule has 82 valence electrons. The van der Waals surface area contributed by atoms with Crippen molar-refractivity contribution >= 4 is 0 Å². The second-order valence-electron chi connectivity index (χ2n) is 5.81. The minimum Gasteiger partial charge on any atom is -0.0654 e. The third kappa shape index (κ3) is 2.32. The van der Waals surface area contributed by atoms with Gasteiger partial charge < -0.3 is 0 Å². The first-order valence-corrected chi connectivity index (χ1v) is 6.85. The van der Waals surface area contributed by atoms with Gasteiger partial charge in [-0.15, -0.1) is 0 Å². The van der Waals surface area contributed by atoms with Gasteiger partial charge in [0.15, 0.2) is 0 Å². The molecule has 0 N–H and O–H groups in total. The summed E-state index contributed by atoms with van der Waals surface area (Å²) in [7, 11) is 0. The molecule has 0 saturated heterocycles. The molecule has 2 aliphatic rings. The summed E-state index contributed by atoms with van der Waals surface area (Å²) in [6.07, 6.45) is 16.8. The van der Waals surface area contributed by atoms with Crippen LogP contribution in [0.4, 0.5) is 0 Å². The van der Waals surface area contributed by atoms with Crippen LogP contribution in [0.3, 0.4) is 0 Å². The van der Waals surface area contributed by atoms with E-state index in [9.17, 15) is 0 Å². The molecule has 14 heavy (non-hydrogen) atoms. The highest BCUT2D eigenvalue weighted by atomic mass is 14.5. The van der Waals surface area contributed by atoms with Gasteiger partial charge in [-0.2, -0.15) is 0 Å². The average Bonchev–Trinajstić information content (AvgIpc) is 2.77. The highest BCUT2D eigenvalue weighted by Gasteiger charge is 2.43. The van der Waals surface area contributed by atoms with Crippen molar-refractivity contribution in [3.05, 3.63) is 0 Å². The minimum absolute atomic E-state index is 0.858. The molecule has 0 heterocycles. The third-order valence-electron chi connectivity index (χ3n) is 4.70. The Labute approximate surface area is 89.5 Å². The molecule has 0 aromatic heterocycles. The van der Waals surface area contributed by atoms with Crippen molar-refractivity contribution in [2.75, 3.05) is 0 Å². The van der Waals surface area contributed by atoms with Gasteiger partial charge in [-0.05, 0) is 49.9 Å². The predicted molar refractivity (Wildman–Crippen MR) is 62.4 cm³/mol. The SMILES string of the molecule is CCCCCCCC12CCC(CC1)C2. The van der Waals surface area contributed by atoms with Gasteiger partial charge in [0.1, 0.15) is 0 Å². The zero-order valence-electron chi connectivity index (χ0n) is 9.86. The van der Waals surface area contributed by atoms with Crippen LogP contribution in [0.25, 0.3) is 0 Å². The lowest BCUT2D eigenvalue weighted by Gasteiger charge is -2.26. The Morgan fingerprint density at radius 3 is 2.29 bits per heavy atom. The summed E-state index contributed by atoms with van der Waals surface area (Å²) in [4.78, 5) is 0. The second-order valence-corrected chi connectivity index (χ2v) is 5.81. The maximum atomic E-state index is 2.30. The fourth-order valence-corrected chi connectivity index (χ4v) is 3.77. The Balaban J connectivity index is 1.61. The Kier molecular flexibility index (Phi) is 3.52. The van der Waals surface area contributed by atoms with Crippen LogP contribution in [0.1, 0.15) is 77.6 Å². The summed E-state index contributed by atoms with van der Waals surface area (Å²) >= 11 is 0. The van der Waals surface area contributed by atoms with Gasteiger partial charge in [0.2, 0.25) is 0 Å². The van der Waals surface area contributed by atoms with E-state index in [-0.39, 0.29) is 0 Å². The molecule has 0 spiro atoms. The number of hydrogen-bond acceptors (Lipinski definition) is 0. The lowest BCUT2D eigenvalue weighted by molar-refractivity contribution is 0.260. The van der Waals surface area contributed by atoms with Gasteiger partial charge in [0.05, 0.1) is 0 Å². The number of hydrogen-bond donors (Lipinski definition) is 0. The molecule has 2 aliphatic carbocycles. The van der Waals surface area contributed by atoms with Crippen LogP contribution in [0.2, 0.25) is 0 Å². The smallest absolute Gasteiger partial charge is 0.0295 e. The van der Waals surface area contributed by atoms with Crippen LogP contribution in [0.15, 0.2) is 0 Å². The molecule has 0 heteroatoms. The summed E-state index contributed by atoms with van der Waals surface area (Å²) < 4.78 is 0. The molecule has 0 aromatic rings. The van der Waals surface area contributed by atoms with Crippen molar-refractivity contribution in [1.29, 1.82) is 0 Å². The largest absolute Gasteiger partial charge is 0.0654 e. The molecule has 0 atom stereocenters. The first-order valence-electron chi connectivity index (χ1n) is 6.85. The zero-order chi connectivity index (χ0) is 9.86. The van der Waals surface area contributed by atoms with E-state index < -0.39 is 0 Å². The van der Waals surface area contributed by atoms with Gasteiger partial charge in [0, 0.05) is 0 Å². The zero-order valence-corrected chi connectivity index (χ0v) is 9.86. The summed E-state index contributed by atoms with van der Waals surface area (Å²) in [5.74, 6) is 1.14. The first-order chi connectivity index (χ1) is 6.85. The van der Waals surface area contributed by atoms with Crippen LogP contribution in [-0.2, 0) is 0 Å². The Hall–Kier alpha value is 0. The molecule has 2 bridgehead atoms. The van der Waals surface area contributed by atoms with E-state index in [2.05, 4.69) is 6.92 Å². The van der Waals surface area contributed by atoms with Crippen molar-refractivity contribution in [1.82, 2.24) is 0 Å². The normalized spacial score (nSPS) is 35.4. The standard InChI is InChI=1S/C14H26/c1-2-3-4-5-6-9-14-10-7-13(12-14)8-11-14/h13H,2-12H2,1H3. The fourth-order valence-electron chi connectivity index (χ4n) is 3.77. The third-order valence-corrected chi connectivity index (χ3v) is 4.70. The van der Waals surface area contributed by atoms with Crippen molar-refractivity contribution in [3.8, 4) is 0 Å². The molecule has 2 rings (SSSR count). The summed E-state index contributed by atoms with van der Waals surface area (Å²) in [6.45, 7) is 2.30. The van der Waals surface area contributed by atoms with Gasteiger partial charge in [0.25, 0.3) is 0 Å². The van der Waals surface area contributed by atoms with Gasteiger partial charge in [-0.25, -0.2) is 0 Å². The molecular formula is C14H26. The minimum atomic E-state index is 0.858. The van der Waals surface area contributed by atoms with E-state index in [1.165, 1.54) is 32.1 Å². The molecular weight excluding hydrogens is 168 g/mol. The number of fused-ring (bicyclic) bond motifs is 2. The maximum absolute atomic E-state index is 2.30. The predicted octanol–water partition coefficient (Wildman–Crippen LogP) is 4.93. The Bertz CT molecular complexity index is 163. The topological polar surface area (TPSA) is 0 Å². The van der Waals surface area contributed by atoms with Crippen LogP contribution in [0.5, 0.6) is 0 Å². The molecule has 0 amide bonds. The lowest BCUT2D eigenvalue weighted by Crippen LogP contribution is -2.13. The van der Waals surface area contributed by atoms with Gasteiger partial charge in [-0.3, -0.25) is 0 Å². The molecule has 0 radical (unpaired) electrons. The molecule has 2 saturated carbocycles. The number of unbranched alkanes of at least 4 members (excludes halogenated alkanes) is 4. The van der Waals surface area contributed by atoms with E-state index in [0.717, 1.165) is 11.3 Å². The number of rotatable bonds is 6. The monoisotopic (exact) mass is 194 g/mol. The lowest BCUT2D eigenvalue weighted by atomic mass is 9.79. The maximum Gasteiger partial charge on any atom is -0.0295 e. The highest BCUT2D eigenvalue weighted by molar-refractivity contribution is 4.95. The molecule has 0 unspecified atom stereocenters.